The topological polar surface area (TPSA) is 118 Å². The van der Waals surface area contributed by atoms with Gasteiger partial charge < -0.3 is 10.6 Å². The normalized spacial score (nSPS) is 14.7. The van der Waals surface area contributed by atoms with Crippen LogP contribution in [0.5, 0.6) is 0 Å². The van der Waals surface area contributed by atoms with E-state index in [0.29, 0.717) is 29.0 Å². The van der Waals surface area contributed by atoms with Crippen LogP contribution in [0.1, 0.15) is 21.7 Å². The molecule has 3 heterocycles. The number of carbonyl (C=O) groups is 2. The second-order valence-corrected chi connectivity index (χ2v) is 7.47. The molecule has 1 saturated heterocycles. The highest BCUT2D eigenvalue weighted by molar-refractivity contribution is 5.96. The molecule has 13 heteroatoms. The van der Waals surface area contributed by atoms with Gasteiger partial charge in [0.1, 0.15) is 0 Å². The summed E-state index contributed by atoms with van der Waals surface area (Å²) in [6, 6.07) is 7.72. The molecule has 4 rings (SSSR count). The standard InChI is InChI=1S/C20H19F3N8O2/c1-12-2-3-16(25-9-12)13-6-14(18(33)26-11-30-5-4-24-17(32)10-30)8-15(7-13)31-19(20(21,22)23)27-28-29-31/h2-3,6-9H,4-5,10-11H2,1H3,(H,24,32)(H,26,33). The summed E-state index contributed by atoms with van der Waals surface area (Å²) in [5, 5.41) is 15.1. The number of hydrogen-bond donors (Lipinski definition) is 2. The van der Waals surface area contributed by atoms with Crippen molar-refractivity contribution < 1.29 is 22.8 Å². The van der Waals surface area contributed by atoms with Gasteiger partial charge in [-0.25, -0.2) is 0 Å². The van der Waals surface area contributed by atoms with E-state index in [2.05, 4.69) is 31.1 Å². The number of carbonyl (C=O) groups excluding carboxylic acids is 2. The number of benzene rings is 1. The van der Waals surface area contributed by atoms with Gasteiger partial charge in [0.25, 0.3) is 11.7 Å². The van der Waals surface area contributed by atoms with E-state index in [0.717, 1.165) is 5.56 Å². The third-order valence-corrected chi connectivity index (χ3v) is 4.94. The summed E-state index contributed by atoms with van der Waals surface area (Å²) in [6.07, 6.45) is -3.18. The minimum absolute atomic E-state index is 0.0466. The molecule has 0 unspecified atom stereocenters. The van der Waals surface area contributed by atoms with Crippen molar-refractivity contribution in [3.63, 3.8) is 0 Å². The molecule has 0 radical (unpaired) electrons. The fraction of sp³-hybridized carbons (Fsp3) is 0.300. The molecule has 3 aromatic rings. The first-order valence-electron chi connectivity index (χ1n) is 9.92. The van der Waals surface area contributed by atoms with Crippen LogP contribution in [0, 0.1) is 6.92 Å². The Balaban J connectivity index is 1.69. The lowest BCUT2D eigenvalue weighted by Gasteiger charge is -2.26. The maximum Gasteiger partial charge on any atom is 0.453 e. The van der Waals surface area contributed by atoms with Crippen molar-refractivity contribution >= 4 is 11.8 Å². The van der Waals surface area contributed by atoms with Gasteiger partial charge in [0.05, 0.1) is 24.6 Å². The van der Waals surface area contributed by atoms with E-state index >= 15 is 0 Å². The molecule has 33 heavy (non-hydrogen) atoms. The number of amides is 2. The lowest BCUT2D eigenvalue weighted by molar-refractivity contribution is -0.146. The molecule has 2 N–H and O–H groups in total. The Bertz CT molecular complexity index is 1180. The molecule has 1 aliphatic rings. The smallest absolute Gasteiger partial charge is 0.354 e. The Labute approximate surface area is 185 Å². The first-order chi connectivity index (χ1) is 15.7. The molecule has 0 aliphatic carbocycles. The Kier molecular flexibility index (Phi) is 6.05. The molecule has 0 saturated carbocycles. The maximum atomic E-state index is 13.4. The number of piperazine rings is 1. The van der Waals surface area contributed by atoms with Crippen LogP contribution >= 0.6 is 0 Å². The number of hydrogen-bond acceptors (Lipinski definition) is 7. The summed E-state index contributed by atoms with van der Waals surface area (Å²) in [6.45, 7) is 3.12. The van der Waals surface area contributed by atoms with Crippen LogP contribution in [-0.4, -0.2) is 68.2 Å². The molecule has 1 fully saturated rings. The minimum atomic E-state index is -4.79. The number of tetrazole rings is 1. The average Bonchev–Trinajstić information content (AvgIpc) is 3.28. The number of nitrogens with zero attached hydrogens (tertiary/aromatic N) is 6. The van der Waals surface area contributed by atoms with Gasteiger partial charge in [-0.15, -0.1) is 5.10 Å². The van der Waals surface area contributed by atoms with Crippen LogP contribution in [0.4, 0.5) is 13.2 Å². The molecule has 0 spiro atoms. The average molecular weight is 460 g/mol. The summed E-state index contributed by atoms with van der Waals surface area (Å²) < 4.78 is 40.6. The van der Waals surface area contributed by atoms with Crippen molar-refractivity contribution in [2.45, 2.75) is 13.1 Å². The Morgan fingerprint density at radius 3 is 2.76 bits per heavy atom. The fourth-order valence-corrected chi connectivity index (χ4v) is 3.30. The number of alkyl halides is 3. The molecule has 2 amide bonds. The number of aryl methyl sites for hydroxylation is 1. The van der Waals surface area contributed by atoms with Gasteiger partial charge in [0.2, 0.25) is 5.91 Å². The minimum Gasteiger partial charge on any atom is -0.354 e. The van der Waals surface area contributed by atoms with E-state index in [1.54, 1.807) is 23.2 Å². The van der Waals surface area contributed by atoms with Gasteiger partial charge in [-0.3, -0.25) is 19.5 Å². The summed E-state index contributed by atoms with van der Waals surface area (Å²) in [4.78, 5) is 30.4. The van der Waals surface area contributed by atoms with Crippen LogP contribution in [0.25, 0.3) is 16.9 Å². The van der Waals surface area contributed by atoms with E-state index in [9.17, 15) is 22.8 Å². The molecule has 2 aromatic heterocycles. The van der Waals surface area contributed by atoms with Gasteiger partial charge in [0, 0.05) is 30.4 Å². The second-order valence-electron chi connectivity index (χ2n) is 7.47. The van der Waals surface area contributed by atoms with Crippen LogP contribution in [-0.2, 0) is 11.0 Å². The SMILES string of the molecule is Cc1ccc(-c2cc(C(=O)NCN3CCNC(=O)C3)cc(-n3nnnc3C(F)(F)F)c2)nc1. The Morgan fingerprint density at radius 2 is 2.06 bits per heavy atom. The first kappa shape index (κ1) is 22.3. The molecular formula is C20H19F3N8O2. The van der Waals surface area contributed by atoms with Crippen molar-refractivity contribution in [2.24, 2.45) is 0 Å². The molecule has 0 atom stereocenters. The molecule has 1 aliphatic heterocycles. The Morgan fingerprint density at radius 1 is 1.24 bits per heavy atom. The van der Waals surface area contributed by atoms with Gasteiger partial charge in [0.15, 0.2) is 0 Å². The zero-order chi connectivity index (χ0) is 23.6. The van der Waals surface area contributed by atoms with Crippen molar-refractivity contribution in [1.29, 1.82) is 0 Å². The quantitative estimate of drug-likeness (QED) is 0.587. The number of rotatable bonds is 5. The lowest BCUT2D eigenvalue weighted by atomic mass is 10.0. The molecule has 172 valence electrons. The summed E-state index contributed by atoms with van der Waals surface area (Å²) >= 11 is 0. The summed E-state index contributed by atoms with van der Waals surface area (Å²) in [5.41, 5.74) is 1.83. The summed E-state index contributed by atoms with van der Waals surface area (Å²) in [5.74, 6) is -2.00. The van der Waals surface area contributed by atoms with Crippen molar-refractivity contribution in [2.75, 3.05) is 26.3 Å². The van der Waals surface area contributed by atoms with E-state index in [1.807, 2.05) is 6.92 Å². The number of halogens is 3. The molecule has 0 bridgehead atoms. The summed E-state index contributed by atoms with van der Waals surface area (Å²) in [7, 11) is 0. The number of aromatic nitrogens is 5. The van der Waals surface area contributed by atoms with Crippen LogP contribution in [0.15, 0.2) is 36.5 Å². The highest BCUT2D eigenvalue weighted by Gasteiger charge is 2.38. The molecular weight excluding hydrogens is 441 g/mol. The van der Waals surface area contributed by atoms with Crippen LogP contribution in [0.3, 0.4) is 0 Å². The lowest BCUT2D eigenvalue weighted by Crippen LogP contribution is -2.51. The third kappa shape index (κ3) is 5.14. The monoisotopic (exact) mass is 460 g/mol. The van der Waals surface area contributed by atoms with Gasteiger partial charge >= 0.3 is 6.18 Å². The van der Waals surface area contributed by atoms with E-state index in [1.165, 1.54) is 18.2 Å². The fourth-order valence-electron chi connectivity index (χ4n) is 3.30. The van der Waals surface area contributed by atoms with Gasteiger partial charge in [-0.1, -0.05) is 6.07 Å². The largest absolute Gasteiger partial charge is 0.453 e. The van der Waals surface area contributed by atoms with E-state index < -0.39 is 17.9 Å². The number of nitrogens with one attached hydrogen (secondary N) is 2. The predicted octanol–water partition coefficient (Wildman–Crippen LogP) is 1.17. The van der Waals surface area contributed by atoms with Crippen LogP contribution in [0.2, 0.25) is 0 Å². The molecule has 10 nitrogen and oxygen atoms in total. The number of pyridine rings is 1. The van der Waals surface area contributed by atoms with Crippen LogP contribution < -0.4 is 10.6 Å². The highest BCUT2D eigenvalue weighted by Crippen LogP contribution is 2.30. The van der Waals surface area contributed by atoms with Gasteiger partial charge in [-0.05, 0) is 47.2 Å². The van der Waals surface area contributed by atoms with Gasteiger partial charge in [-0.2, -0.15) is 17.9 Å². The predicted molar refractivity (Wildman–Crippen MR) is 109 cm³/mol. The van der Waals surface area contributed by atoms with E-state index in [4.69, 9.17) is 0 Å². The zero-order valence-electron chi connectivity index (χ0n) is 17.4. The van der Waals surface area contributed by atoms with Crippen molar-refractivity contribution in [1.82, 2.24) is 40.7 Å². The first-order valence-corrected chi connectivity index (χ1v) is 9.92. The van der Waals surface area contributed by atoms with Crippen molar-refractivity contribution in [3.8, 4) is 16.9 Å². The highest BCUT2D eigenvalue weighted by atomic mass is 19.4. The molecule has 1 aromatic carbocycles. The second kappa shape index (κ2) is 8.94. The van der Waals surface area contributed by atoms with Crippen molar-refractivity contribution in [3.05, 3.63) is 53.5 Å². The van der Waals surface area contributed by atoms with E-state index in [-0.39, 0.29) is 30.4 Å². The third-order valence-electron chi connectivity index (χ3n) is 4.94. The Hall–Kier alpha value is -3.87. The maximum absolute atomic E-state index is 13.4. The zero-order valence-corrected chi connectivity index (χ0v) is 17.4.